The summed E-state index contributed by atoms with van der Waals surface area (Å²) >= 11 is 0. The van der Waals surface area contributed by atoms with E-state index >= 15 is 0 Å². The number of rotatable bonds is 3. The Balaban J connectivity index is 2.32. The molecule has 2 N–H and O–H groups in total. The van der Waals surface area contributed by atoms with E-state index in [1.54, 1.807) is 24.3 Å². The highest BCUT2D eigenvalue weighted by molar-refractivity contribution is 5.60. The van der Waals surface area contributed by atoms with Gasteiger partial charge in [-0.15, -0.1) is 0 Å². The zero-order valence-corrected chi connectivity index (χ0v) is 10.6. The molecule has 0 saturated heterocycles. The molecule has 3 nitrogen and oxygen atoms in total. The van der Waals surface area contributed by atoms with Gasteiger partial charge in [0.1, 0.15) is 11.9 Å². The number of hydrogen-bond donors (Lipinski definition) is 1. The molecule has 2 rings (SSSR count). The summed E-state index contributed by atoms with van der Waals surface area (Å²) in [5.74, 6) is -0.332. The molecule has 4 heteroatoms. The van der Waals surface area contributed by atoms with Crippen molar-refractivity contribution in [3.8, 4) is 6.07 Å². The van der Waals surface area contributed by atoms with Gasteiger partial charge >= 0.3 is 0 Å². The van der Waals surface area contributed by atoms with E-state index in [4.69, 9.17) is 11.0 Å². The smallest absolute Gasteiger partial charge is 0.130 e. The summed E-state index contributed by atoms with van der Waals surface area (Å²) in [6.07, 6.45) is 0. The molecule has 0 aromatic heterocycles. The number of nitrogens with two attached hydrogens (primary N) is 1. The molecule has 0 saturated carbocycles. The van der Waals surface area contributed by atoms with Crippen LogP contribution >= 0.6 is 0 Å². The molecule has 2 aromatic rings. The quantitative estimate of drug-likeness (QED) is 0.858. The number of nitriles is 1. The number of nitrogen functional groups attached to an aromatic ring is 1. The van der Waals surface area contributed by atoms with Crippen molar-refractivity contribution in [2.24, 2.45) is 0 Å². The number of benzene rings is 2. The van der Waals surface area contributed by atoms with E-state index in [1.807, 2.05) is 24.1 Å². The predicted molar refractivity (Wildman–Crippen MR) is 74.1 cm³/mol. The minimum atomic E-state index is -0.332. The number of anilines is 2. The molecule has 0 heterocycles. The van der Waals surface area contributed by atoms with Crippen LogP contribution < -0.4 is 10.6 Å². The van der Waals surface area contributed by atoms with Crippen molar-refractivity contribution in [3.05, 3.63) is 59.4 Å². The van der Waals surface area contributed by atoms with Crippen molar-refractivity contribution >= 4 is 11.4 Å². The predicted octanol–water partition coefficient (Wildman–Crippen LogP) is 2.92. The molecule has 0 unspecified atom stereocenters. The lowest BCUT2D eigenvalue weighted by molar-refractivity contribution is 0.609. The summed E-state index contributed by atoms with van der Waals surface area (Å²) in [5.41, 5.74) is 7.96. The summed E-state index contributed by atoms with van der Waals surface area (Å²) in [4.78, 5) is 1.81. The van der Waals surface area contributed by atoms with Gasteiger partial charge in [-0.05, 0) is 24.3 Å². The van der Waals surface area contributed by atoms with Gasteiger partial charge in [0, 0.05) is 24.8 Å². The molecule has 96 valence electrons. The lowest BCUT2D eigenvalue weighted by Crippen LogP contribution is -2.19. The van der Waals surface area contributed by atoms with Crippen LogP contribution in [0.3, 0.4) is 0 Å². The topological polar surface area (TPSA) is 53.0 Å². The lowest BCUT2D eigenvalue weighted by atomic mass is 10.1. The van der Waals surface area contributed by atoms with Crippen molar-refractivity contribution in [1.29, 1.82) is 5.26 Å². The van der Waals surface area contributed by atoms with Gasteiger partial charge < -0.3 is 10.6 Å². The van der Waals surface area contributed by atoms with E-state index in [2.05, 4.69) is 6.07 Å². The lowest BCUT2D eigenvalue weighted by Gasteiger charge is -2.21. The molecular formula is C15H14FN3. The van der Waals surface area contributed by atoms with Crippen molar-refractivity contribution < 1.29 is 4.39 Å². The summed E-state index contributed by atoms with van der Waals surface area (Å²) in [6, 6.07) is 14.0. The Morgan fingerprint density at radius 3 is 2.63 bits per heavy atom. The Morgan fingerprint density at radius 2 is 1.95 bits per heavy atom. The van der Waals surface area contributed by atoms with Gasteiger partial charge in [0.2, 0.25) is 0 Å². The van der Waals surface area contributed by atoms with Gasteiger partial charge in [0.15, 0.2) is 0 Å². The first-order valence-electron chi connectivity index (χ1n) is 5.86. The number of hydrogen-bond acceptors (Lipinski definition) is 3. The summed E-state index contributed by atoms with van der Waals surface area (Å²) in [5, 5.41) is 9.07. The Kier molecular flexibility index (Phi) is 3.67. The zero-order valence-electron chi connectivity index (χ0n) is 10.6. The second kappa shape index (κ2) is 5.40. The maximum Gasteiger partial charge on any atom is 0.130 e. The van der Waals surface area contributed by atoms with Crippen molar-refractivity contribution in [1.82, 2.24) is 0 Å². The van der Waals surface area contributed by atoms with Crippen LogP contribution in [0.4, 0.5) is 15.8 Å². The van der Waals surface area contributed by atoms with Crippen molar-refractivity contribution in [2.45, 2.75) is 6.54 Å². The van der Waals surface area contributed by atoms with Crippen LogP contribution in [0.25, 0.3) is 0 Å². The first kappa shape index (κ1) is 12.9. The maximum atomic E-state index is 13.7. The highest BCUT2D eigenvalue weighted by Gasteiger charge is 2.11. The van der Waals surface area contributed by atoms with Gasteiger partial charge in [-0.2, -0.15) is 5.26 Å². The molecule has 0 aliphatic carbocycles. The van der Waals surface area contributed by atoms with Crippen molar-refractivity contribution in [3.63, 3.8) is 0 Å². The standard InChI is InChI=1S/C15H14FN3/c1-19(15-8-3-2-5-11(15)9-17)10-12-13(16)6-4-7-14(12)18/h2-8H,10,18H2,1H3. The van der Waals surface area contributed by atoms with Gasteiger partial charge in [-0.25, -0.2) is 4.39 Å². The Bertz CT molecular complexity index is 611. The van der Waals surface area contributed by atoms with Crippen molar-refractivity contribution in [2.75, 3.05) is 17.7 Å². The third kappa shape index (κ3) is 2.66. The Morgan fingerprint density at radius 1 is 1.21 bits per heavy atom. The normalized spacial score (nSPS) is 9.95. The SMILES string of the molecule is CN(Cc1c(N)cccc1F)c1ccccc1C#N. The van der Waals surface area contributed by atoms with E-state index < -0.39 is 0 Å². The second-order valence-corrected chi connectivity index (χ2v) is 4.29. The van der Waals surface area contributed by atoms with E-state index in [1.165, 1.54) is 6.07 Å². The van der Waals surface area contributed by atoms with Crippen LogP contribution in [-0.2, 0) is 6.54 Å². The summed E-state index contributed by atoms with van der Waals surface area (Å²) < 4.78 is 13.7. The van der Waals surface area contributed by atoms with Gasteiger partial charge in [-0.3, -0.25) is 0 Å². The number of halogens is 1. The minimum absolute atomic E-state index is 0.317. The summed E-state index contributed by atoms with van der Waals surface area (Å²) in [6.45, 7) is 0.317. The third-order valence-corrected chi connectivity index (χ3v) is 2.99. The first-order valence-corrected chi connectivity index (χ1v) is 5.86. The molecule has 0 bridgehead atoms. The first-order chi connectivity index (χ1) is 9.13. The highest BCUT2D eigenvalue weighted by atomic mass is 19.1. The molecule has 19 heavy (non-hydrogen) atoms. The fraction of sp³-hybridized carbons (Fsp3) is 0.133. The maximum absolute atomic E-state index is 13.7. The fourth-order valence-corrected chi connectivity index (χ4v) is 1.97. The average Bonchev–Trinajstić information content (AvgIpc) is 2.42. The van der Waals surface area contributed by atoms with Gasteiger partial charge in [-0.1, -0.05) is 18.2 Å². The molecule has 0 spiro atoms. The number of nitrogens with zero attached hydrogens (tertiary/aromatic N) is 2. The van der Waals surface area contributed by atoms with Crippen LogP contribution in [0.15, 0.2) is 42.5 Å². The molecule has 0 aliphatic rings. The average molecular weight is 255 g/mol. The third-order valence-electron chi connectivity index (χ3n) is 2.99. The second-order valence-electron chi connectivity index (χ2n) is 4.29. The monoisotopic (exact) mass is 255 g/mol. The van der Waals surface area contributed by atoms with E-state index in [-0.39, 0.29) is 5.82 Å². The molecular weight excluding hydrogens is 241 g/mol. The Hall–Kier alpha value is -2.54. The molecule has 2 aromatic carbocycles. The molecule has 0 amide bonds. The van der Waals surface area contributed by atoms with Gasteiger partial charge in [0.05, 0.1) is 11.3 Å². The van der Waals surface area contributed by atoms with E-state index in [0.717, 1.165) is 5.69 Å². The minimum Gasteiger partial charge on any atom is -0.398 e. The molecule has 0 radical (unpaired) electrons. The summed E-state index contributed by atoms with van der Waals surface area (Å²) in [7, 11) is 1.81. The van der Waals surface area contributed by atoms with Crippen LogP contribution in [0.2, 0.25) is 0 Å². The fourth-order valence-electron chi connectivity index (χ4n) is 1.97. The molecule has 0 aliphatic heterocycles. The number of para-hydroxylation sites is 1. The van der Waals surface area contributed by atoms with E-state index in [0.29, 0.717) is 23.4 Å². The largest absolute Gasteiger partial charge is 0.398 e. The van der Waals surface area contributed by atoms with Gasteiger partial charge in [0.25, 0.3) is 0 Å². The molecule has 0 fully saturated rings. The zero-order chi connectivity index (χ0) is 13.8. The Labute approximate surface area is 111 Å². The molecule has 0 atom stereocenters. The van der Waals surface area contributed by atoms with Crippen LogP contribution in [-0.4, -0.2) is 7.05 Å². The van der Waals surface area contributed by atoms with Crippen LogP contribution in [0.5, 0.6) is 0 Å². The van der Waals surface area contributed by atoms with Crippen LogP contribution in [0, 0.1) is 17.1 Å². The van der Waals surface area contributed by atoms with Crippen LogP contribution in [0.1, 0.15) is 11.1 Å². The highest BCUT2D eigenvalue weighted by Crippen LogP contribution is 2.23. The van der Waals surface area contributed by atoms with E-state index in [9.17, 15) is 4.39 Å².